The van der Waals surface area contributed by atoms with E-state index in [4.69, 9.17) is 12.2 Å². The van der Waals surface area contributed by atoms with Crippen LogP contribution in [0.1, 0.15) is 0 Å². The first kappa shape index (κ1) is 14.6. The van der Waals surface area contributed by atoms with Crippen LogP contribution < -0.4 is 10.6 Å². The van der Waals surface area contributed by atoms with Crippen molar-refractivity contribution in [3.63, 3.8) is 0 Å². The molecule has 6 heteroatoms. The van der Waals surface area contributed by atoms with E-state index in [1.165, 1.54) is 4.90 Å². The molecular formula is C14H16N4S2. The maximum atomic E-state index is 5.14. The number of thiocarbonyl (C=S) groups is 1. The van der Waals surface area contributed by atoms with Crippen LogP contribution in [0.5, 0.6) is 0 Å². The Morgan fingerprint density at radius 2 is 2.20 bits per heavy atom. The van der Waals surface area contributed by atoms with Crippen LogP contribution in [0.4, 0.5) is 5.69 Å². The molecule has 0 spiro atoms. The van der Waals surface area contributed by atoms with E-state index in [1.54, 1.807) is 24.0 Å². The highest BCUT2D eigenvalue weighted by Gasteiger charge is 2.01. The molecule has 4 nitrogen and oxygen atoms in total. The van der Waals surface area contributed by atoms with E-state index in [-0.39, 0.29) is 0 Å². The molecule has 0 aliphatic rings. The molecule has 0 bridgehead atoms. The number of hydrogen-bond donors (Lipinski definition) is 2. The molecule has 1 aromatic carbocycles. The van der Waals surface area contributed by atoms with E-state index in [9.17, 15) is 0 Å². The van der Waals surface area contributed by atoms with Gasteiger partial charge in [0, 0.05) is 17.6 Å². The summed E-state index contributed by atoms with van der Waals surface area (Å²) in [6.07, 6.45) is 5.44. The summed E-state index contributed by atoms with van der Waals surface area (Å²) in [5.74, 6) is 0.762. The van der Waals surface area contributed by atoms with Gasteiger partial charge in [-0.3, -0.25) is 4.68 Å². The lowest BCUT2D eigenvalue weighted by Gasteiger charge is -2.06. The predicted molar refractivity (Wildman–Crippen MR) is 88.9 cm³/mol. The second-order valence-electron chi connectivity index (χ2n) is 3.98. The van der Waals surface area contributed by atoms with Gasteiger partial charge in [0.15, 0.2) is 5.11 Å². The fraction of sp³-hybridized carbons (Fsp3) is 0.143. The second-order valence-corrected chi connectivity index (χ2v) is 5.41. The minimum absolute atomic E-state index is 0.570. The lowest BCUT2D eigenvalue weighted by Crippen LogP contribution is -2.28. The first-order chi connectivity index (χ1) is 9.78. The third-order valence-corrected chi connectivity index (χ3v) is 3.65. The van der Waals surface area contributed by atoms with Crippen molar-refractivity contribution in [1.29, 1.82) is 0 Å². The highest BCUT2D eigenvalue weighted by molar-refractivity contribution is 7.98. The zero-order valence-electron chi connectivity index (χ0n) is 11.0. The predicted octanol–water partition coefficient (Wildman–Crippen LogP) is 3.11. The van der Waals surface area contributed by atoms with Crippen molar-refractivity contribution >= 4 is 34.8 Å². The summed E-state index contributed by atoms with van der Waals surface area (Å²) in [7, 11) is 0. The van der Waals surface area contributed by atoms with E-state index in [0.29, 0.717) is 11.7 Å². The Balaban J connectivity index is 1.83. The summed E-state index contributed by atoms with van der Waals surface area (Å²) in [6, 6.07) is 10.2. The molecule has 0 unspecified atom stereocenters. The molecule has 1 heterocycles. The van der Waals surface area contributed by atoms with Gasteiger partial charge in [0.1, 0.15) is 0 Å². The third kappa shape index (κ3) is 4.71. The number of hydrogen-bond acceptors (Lipinski definition) is 3. The van der Waals surface area contributed by atoms with Gasteiger partial charge in [0.25, 0.3) is 0 Å². The van der Waals surface area contributed by atoms with Gasteiger partial charge in [-0.05, 0) is 24.4 Å². The molecule has 0 radical (unpaired) electrons. The van der Waals surface area contributed by atoms with Crippen molar-refractivity contribution in [3.8, 4) is 0 Å². The zero-order valence-corrected chi connectivity index (χ0v) is 12.6. The molecule has 20 heavy (non-hydrogen) atoms. The van der Waals surface area contributed by atoms with E-state index < -0.39 is 0 Å². The van der Waals surface area contributed by atoms with Crippen LogP contribution in [-0.2, 0) is 5.88 Å². The highest BCUT2D eigenvalue weighted by atomic mass is 32.2. The molecule has 1 aromatic heterocycles. The Kier molecular flexibility index (Phi) is 5.64. The van der Waals surface area contributed by atoms with Crippen LogP contribution in [0.25, 0.3) is 0 Å². The molecular weight excluding hydrogens is 288 g/mol. The lowest BCUT2D eigenvalue weighted by atomic mass is 10.4. The molecule has 2 rings (SSSR count). The molecule has 2 aromatic rings. The van der Waals surface area contributed by atoms with Gasteiger partial charge >= 0.3 is 0 Å². The third-order valence-electron chi connectivity index (χ3n) is 2.40. The number of aromatic nitrogens is 2. The zero-order chi connectivity index (χ0) is 14.2. The largest absolute Gasteiger partial charge is 0.359 e. The number of nitrogens with one attached hydrogen (secondary N) is 2. The lowest BCUT2D eigenvalue weighted by molar-refractivity contribution is 0.751. The summed E-state index contributed by atoms with van der Waals surface area (Å²) >= 11 is 6.87. The Labute approximate surface area is 128 Å². The van der Waals surface area contributed by atoms with Gasteiger partial charge in [-0.25, -0.2) is 0 Å². The number of benzene rings is 1. The van der Waals surface area contributed by atoms with Crippen LogP contribution in [0, 0.1) is 0 Å². The van der Waals surface area contributed by atoms with Gasteiger partial charge in [-0.15, -0.1) is 18.3 Å². The van der Waals surface area contributed by atoms with E-state index in [0.717, 1.165) is 11.6 Å². The van der Waals surface area contributed by atoms with Crippen LogP contribution in [0.15, 0.2) is 60.3 Å². The van der Waals surface area contributed by atoms with Gasteiger partial charge in [0.2, 0.25) is 0 Å². The van der Waals surface area contributed by atoms with Crippen molar-refractivity contribution in [3.05, 3.63) is 55.4 Å². The first-order valence-corrected chi connectivity index (χ1v) is 7.53. The van der Waals surface area contributed by atoms with Crippen molar-refractivity contribution in [2.45, 2.75) is 10.8 Å². The summed E-state index contributed by atoms with van der Waals surface area (Å²) in [4.78, 5) is 1.22. The number of thioether (sulfide) groups is 1. The topological polar surface area (TPSA) is 41.9 Å². The quantitative estimate of drug-likeness (QED) is 0.487. The van der Waals surface area contributed by atoms with Crippen LogP contribution >= 0.6 is 24.0 Å². The van der Waals surface area contributed by atoms with Crippen molar-refractivity contribution in [1.82, 2.24) is 15.1 Å². The standard InChI is InChI=1S/C14H16N4S2/c1-2-8-15-14(19)17-12-9-16-18(10-12)11-20-13-6-4-3-5-7-13/h2-7,9-10H,1,8,11H2,(H2,15,17,19). The fourth-order valence-electron chi connectivity index (χ4n) is 1.50. The summed E-state index contributed by atoms with van der Waals surface area (Å²) < 4.78 is 1.87. The molecule has 0 atom stereocenters. The van der Waals surface area contributed by atoms with Crippen LogP contribution in [0.3, 0.4) is 0 Å². The Morgan fingerprint density at radius 1 is 1.40 bits per heavy atom. The summed E-state index contributed by atoms with van der Waals surface area (Å²) in [5, 5.41) is 10.9. The molecule has 0 aliphatic heterocycles. The average molecular weight is 304 g/mol. The molecule has 0 amide bonds. The number of anilines is 1. The molecule has 0 aliphatic carbocycles. The number of nitrogens with zero attached hydrogens (tertiary/aromatic N) is 2. The summed E-state index contributed by atoms with van der Waals surface area (Å²) in [5.41, 5.74) is 0.875. The average Bonchev–Trinajstić information content (AvgIpc) is 2.91. The number of rotatable bonds is 6. The van der Waals surface area contributed by atoms with Crippen molar-refractivity contribution in [2.75, 3.05) is 11.9 Å². The summed E-state index contributed by atoms with van der Waals surface area (Å²) in [6.45, 7) is 4.27. The SMILES string of the molecule is C=CCNC(=S)Nc1cnn(CSc2ccccc2)c1. The minimum atomic E-state index is 0.570. The fourth-order valence-corrected chi connectivity index (χ4v) is 2.47. The molecule has 0 saturated heterocycles. The Bertz CT molecular complexity index is 566. The van der Waals surface area contributed by atoms with E-state index in [1.807, 2.05) is 29.1 Å². The smallest absolute Gasteiger partial charge is 0.171 e. The van der Waals surface area contributed by atoms with Crippen molar-refractivity contribution < 1.29 is 0 Å². The van der Waals surface area contributed by atoms with Gasteiger partial charge < -0.3 is 10.6 Å². The highest BCUT2D eigenvalue weighted by Crippen LogP contribution is 2.19. The van der Waals surface area contributed by atoms with E-state index >= 15 is 0 Å². The molecule has 2 N–H and O–H groups in total. The second kappa shape index (κ2) is 7.72. The normalized spacial score (nSPS) is 10.0. The monoisotopic (exact) mass is 304 g/mol. The van der Waals surface area contributed by atoms with Crippen molar-refractivity contribution in [2.24, 2.45) is 0 Å². The Morgan fingerprint density at radius 3 is 2.95 bits per heavy atom. The minimum Gasteiger partial charge on any atom is -0.359 e. The Hall–Kier alpha value is -1.79. The molecule has 104 valence electrons. The van der Waals surface area contributed by atoms with Gasteiger partial charge in [0.05, 0.1) is 17.8 Å². The maximum absolute atomic E-state index is 5.14. The first-order valence-electron chi connectivity index (χ1n) is 6.14. The maximum Gasteiger partial charge on any atom is 0.171 e. The van der Waals surface area contributed by atoms with E-state index in [2.05, 4.69) is 34.4 Å². The molecule has 0 fully saturated rings. The van der Waals surface area contributed by atoms with Gasteiger partial charge in [-0.1, -0.05) is 24.3 Å². The van der Waals surface area contributed by atoms with Crippen LogP contribution in [-0.4, -0.2) is 21.4 Å². The van der Waals surface area contributed by atoms with Gasteiger partial charge in [-0.2, -0.15) is 5.10 Å². The molecule has 0 saturated carbocycles. The van der Waals surface area contributed by atoms with Crippen LogP contribution in [0.2, 0.25) is 0 Å².